The lowest BCUT2D eigenvalue weighted by atomic mass is 10.1. The van der Waals surface area contributed by atoms with Crippen LogP contribution in [0.4, 0.5) is 4.39 Å². The van der Waals surface area contributed by atoms with E-state index in [2.05, 4.69) is 4.72 Å². The topological polar surface area (TPSA) is 86.8 Å². The van der Waals surface area contributed by atoms with Crippen LogP contribution >= 0.6 is 0 Å². The number of rotatable bonds is 5. The summed E-state index contributed by atoms with van der Waals surface area (Å²) in [5.74, 6) is -0.946. The number of carbonyl (C=O) groups is 2. The van der Waals surface area contributed by atoms with Crippen molar-refractivity contribution in [1.29, 1.82) is 0 Å². The van der Waals surface area contributed by atoms with E-state index in [-0.39, 0.29) is 28.3 Å². The van der Waals surface area contributed by atoms with E-state index in [0.29, 0.717) is 31.7 Å². The quantitative estimate of drug-likeness (QED) is 0.783. The van der Waals surface area contributed by atoms with Gasteiger partial charge in [0.1, 0.15) is 5.82 Å². The van der Waals surface area contributed by atoms with Crippen molar-refractivity contribution >= 4 is 21.8 Å². The summed E-state index contributed by atoms with van der Waals surface area (Å²) in [4.78, 5) is 28.6. The van der Waals surface area contributed by atoms with E-state index in [1.807, 2.05) is 0 Å². The fourth-order valence-corrected chi connectivity index (χ4v) is 4.67. The number of nitrogens with one attached hydrogen (secondary N) is 1. The van der Waals surface area contributed by atoms with Crippen molar-refractivity contribution < 1.29 is 22.4 Å². The van der Waals surface area contributed by atoms with Gasteiger partial charge < -0.3 is 9.80 Å². The molecule has 2 aliphatic rings. The summed E-state index contributed by atoms with van der Waals surface area (Å²) >= 11 is 0. The minimum atomic E-state index is -3.56. The average molecular weight is 431 g/mol. The third-order valence-electron chi connectivity index (χ3n) is 5.24. The predicted molar refractivity (Wildman–Crippen MR) is 108 cm³/mol. The standard InChI is InChI=1S/C21H22FN3O4S/c22-17-3-1-2-16(14-17)21(27)25-12-10-24(11-13-25)20(26)15-4-8-19(9-5-15)30(28,29)23-18-6-7-18/h1-5,8-9,14,18,23H,6-7,10-13H2. The zero-order valence-corrected chi connectivity index (χ0v) is 17.1. The molecule has 1 saturated heterocycles. The molecule has 30 heavy (non-hydrogen) atoms. The number of nitrogens with zero attached hydrogens (tertiary/aromatic N) is 2. The van der Waals surface area contributed by atoms with Crippen LogP contribution in [0.25, 0.3) is 0 Å². The highest BCUT2D eigenvalue weighted by atomic mass is 32.2. The maximum atomic E-state index is 13.4. The Morgan fingerprint density at radius 1 is 0.867 bits per heavy atom. The van der Waals surface area contributed by atoms with Gasteiger partial charge in [-0.3, -0.25) is 9.59 Å². The zero-order valence-electron chi connectivity index (χ0n) is 16.3. The molecule has 158 valence electrons. The van der Waals surface area contributed by atoms with Crippen LogP contribution in [0.1, 0.15) is 33.6 Å². The molecule has 0 unspecified atom stereocenters. The van der Waals surface area contributed by atoms with Crippen molar-refractivity contribution in [2.45, 2.75) is 23.8 Å². The Morgan fingerprint density at radius 3 is 1.97 bits per heavy atom. The average Bonchev–Trinajstić information content (AvgIpc) is 3.56. The van der Waals surface area contributed by atoms with Gasteiger partial charge in [0, 0.05) is 43.3 Å². The van der Waals surface area contributed by atoms with Gasteiger partial charge in [0.2, 0.25) is 10.0 Å². The molecule has 1 heterocycles. The van der Waals surface area contributed by atoms with Crippen molar-refractivity contribution in [2.75, 3.05) is 26.2 Å². The van der Waals surface area contributed by atoms with Gasteiger partial charge in [-0.25, -0.2) is 17.5 Å². The second-order valence-corrected chi connectivity index (χ2v) is 9.23. The van der Waals surface area contributed by atoms with E-state index >= 15 is 0 Å². The first-order valence-corrected chi connectivity index (χ1v) is 11.3. The Labute approximate surface area is 174 Å². The van der Waals surface area contributed by atoms with Gasteiger partial charge in [0.15, 0.2) is 0 Å². The number of piperazine rings is 1. The predicted octanol–water partition coefficient (Wildman–Crippen LogP) is 1.86. The van der Waals surface area contributed by atoms with Crippen LogP contribution in [0.15, 0.2) is 53.4 Å². The number of benzene rings is 2. The zero-order chi connectivity index (χ0) is 21.3. The fourth-order valence-electron chi connectivity index (χ4n) is 3.36. The first-order chi connectivity index (χ1) is 14.3. The Hall–Kier alpha value is -2.78. The minimum absolute atomic E-state index is 0.0164. The SMILES string of the molecule is O=C(c1ccc(S(=O)(=O)NC2CC2)cc1)N1CCN(C(=O)c2cccc(F)c2)CC1. The van der Waals surface area contributed by atoms with Crippen molar-refractivity contribution in [3.8, 4) is 0 Å². The van der Waals surface area contributed by atoms with E-state index in [4.69, 9.17) is 0 Å². The van der Waals surface area contributed by atoms with Gasteiger partial charge in [-0.1, -0.05) is 6.07 Å². The van der Waals surface area contributed by atoms with Crippen LogP contribution in [0.2, 0.25) is 0 Å². The van der Waals surface area contributed by atoms with E-state index in [1.165, 1.54) is 42.5 Å². The molecule has 0 spiro atoms. The smallest absolute Gasteiger partial charge is 0.254 e. The van der Waals surface area contributed by atoms with Crippen molar-refractivity contribution in [3.05, 3.63) is 65.5 Å². The Kier molecular flexibility index (Phi) is 5.57. The van der Waals surface area contributed by atoms with Crippen molar-refractivity contribution in [2.24, 2.45) is 0 Å². The third-order valence-corrected chi connectivity index (χ3v) is 6.77. The lowest BCUT2D eigenvalue weighted by Gasteiger charge is -2.35. The molecule has 2 aromatic rings. The lowest BCUT2D eigenvalue weighted by molar-refractivity contribution is 0.0535. The van der Waals surface area contributed by atoms with Crippen molar-refractivity contribution in [1.82, 2.24) is 14.5 Å². The molecule has 2 aromatic carbocycles. The lowest BCUT2D eigenvalue weighted by Crippen LogP contribution is -2.50. The highest BCUT2D eigenvalue weighted by molar-refractivity contribution is 7.89. The molecule has 0 atom stereocenters. The van der Waals surface area contributed by atoms with E-state index in [9.17, 15) is 22.4 Å². The van der Waals surface area contributed by atoms with Crippen LogP contribution in [-0.4, -0.2) is 62.3 Å². The fraction of sp³-hybridized carbons (Fsp3) is 0.333. The number of carbonyl (C=O) groups excluding carboxylic acids is 2. The second kappa shape index (κ2) is 8.16. The highest BCUT2D eigenvalue weighted by Gasteiger charge is 2.29. The largest absolute Gasteiger partial charge is 0.335 e. The van der Waals surface area contributed by atoms with Crippen LogP contribution < -0.4 is 4.72 Å². The Morgan fingerprint density at radius 2 is 1.43 bits per heavy atom. The Bertz CT molecular complexity index is 1060. The molecule has 7 nitrogen and oxygen atoms in total. The molecule has 1 N–H and O–H groups in total. The highest BCUT2D eigenvalue weighted by Crippen LogP contribution is 2.22. The van der Waals surface area contributed by atoms with Gasteiger partial charge in [-0.05, 0) is 55.3 Å². The number of hydrogen-bond acceptors (Lipinski definition) is 4. The van der Waals surface area contributed by atoms with E-state index in [0.717, 1.165) is 12.8 Å². The summed E-state index contributed by atoms with van der Waals surface area (Å²) in [6.07, 6.45) is 1.70. The Balaban J connectivity index is 1.36. The molecular formula is C21H22FN3O4S. The maximum absolute atomic E-state index is 13.4. The summed E-state index contributed by atoms with van der Waals surface area (Å²) in [5.41, 5.74) is 0.677. The summed E-state index contributed by atoms with van der Waals surface area (Å²) < 4.78 is 40.4. The van der Waals surface area contributed by atoms with E-state index in [1.54, 1.807) is 15.9 Å². The summed E-state index contributed by atoms with van der Waals surface area (Å²) in [5, 5.41) is 0. The van der Waals surface area contributed by atoms with Gasteiger partial charge in [0.05, 0.1) is 4.90 Å². The normalized spacial score (nSPS) is 17.1. The van der Waals surface area contributed by atoms with Crippen LogP contribution in [-0.2, 0) is 10.0 Å². The van der Waals surface area contributed by atoms with E-state index < -0.39 is 15.8 Å². The van der Waals surface area contributed by atoms with Crippen LogP contribution in [0.5, 0.6) is 0 Å². The molecule has 0 radical (unpaired) electrons. The molecule has 4 rings (SSSR count). The molecule has 9 heteroatoms. The van der Waals surface area contributed by atoms with Gasteiger partial charge in [-0.15, -0.1) is 0 Å². The molecule has 2 fully saturated rings. The van der Waals surface area contributed by atoms with Crippen LogP contribution in [0.3, 0.4) is 0 Å². The molecule has 0 aromatic heterocycles. The van der Waals surface area contributed by atoms with Gasteiger partial charge >= 0.3 is 0 Å². The summed E-state index contributed by atoms with van der Waals surface area (Å²) in [6.45, 7) is 1.39. The van der Waals surface area contributed by atoms with Crippen LogP contribution in [0, 0.1) is 5.82 Å². The minimum Gasteiger partial charge on any atom is -0.335 e. The molecule has 1 aliphatic heterocycles. The maximum Gasteiger partial charge on any atom is 0.254 e. The third kappa shape index (κ3) is 4.52. The monoisotopic (exact) mass is 431 g/mol. The molecule has 0 bridgehead atoms. The number of halogens is 1. The first kappa shape index (κ1) is 20.5. The van der Waals surface area contributed by atoms with Crippen molar-refractivity contribution in [3.63, 3.8) is 0 Å². The van der Waals surface area contributed by atoms with Gasteiger partial charge in [-0.2, -0.15) is 0 Å². The number of amides is 2. The number of sulfonamides is 1. The molecular weight excluding hydrogens is 409 g/mol. The molecule has 2 amide bonds. The molecule has 1 saturated carbocycles. The number of hydrogen-bond donors (Lipinski definition) is 1. The first-order valence-electron chi connectivity index (χ1n) is 9.80. The second-order valence-electron chi connectivity index (χ2n) is 7.51. The molecule has 1 aliphatic carbocycles. The summed E-state index contributed by atoms with van der Waals surface area (Å²) in [6, 6.07) is 11.4. The van der Waals surface area contributed by atoms with Gasteiger partial charge in [0.25, 0.3) is 11.8 Å². The summed E-state index contributed by atoms with van der Waals surface area (Å²) in [7, 11) is -3.56.